The Morgan fingerprint density at radius 3 is 2.77 bits per heavy atom. The zero-order chi connectivity index (χ0) is 15.7. The molecule has 0 unspecified atom stereocenters. The zero-order valence-electron chi connectivity index (χ0n) is 12.9. The van der Waals surface area contributed by atoms with Crippen molar-refractivity contribution in [3.63, 3.8) is 0 Å². The van der Waals surface area contributed by atoms with Crippen molar-refractivity contribution in [3.8, 4) is 0 Å². The van der Waals surface area contributed by atoms with Gasteiger partial charge in [0.05, 0.1) is 29.5 Å². The second-order valence-electron chi connectivity index (χ2n) is 5.69. The van der Waals surface area contributed by atoms with E-state index in [1.165, 1.54) is 0 Å². The Morgan fingerprint density at radius 1 is 1.18 bits per heavy atom. The molecule has 3 rings (SSSR count). The first kappa shape index (κ1) is 14.3. The fraction of sp³-hybridized carbons (Fsp3) is 0.312. The quantitative estimate of drug-likeness (QED) is 0.805. The third-order valence-electron chi connectivity index (χ3n) is 3.93. The Hall–Kier alpha value is -2.63. The van der Waals surface area contributed by atoms with Gasteiger partial charge in [0.15, 0.2) is 0 Å². The molecular weight excluding hydrogens is 278 g/mol. The van der Waals surface area contributed by atoms with E-state index in [9.17, 15) is 4.79 Å². The molecule has 3 aromatic heterocycles. The van der Waals surface area contributed by atoms with Crippen molar-refractivity contribution < 1.29 is 4.79 Å². The molecule has 0 aliphatic carbocycles. The van der Waals surface area contributed by atoms with Crippen molar-refractivity contribution in [1.29, 1.82) is 0 Å². The van der Waals surface area contributed by atoms with Crippen LogP contribution >= 0.6 is 0 Å². The summed E-state index contributed by atoms with van der Waals surface area (Å²) in [5.74, 6) is 0.938. The lowest BCUT2D eigenvalue weighted by molar-refractivity contribution is 0.102. The summed E-state index contributed by atoms with van der Waals surface area (Å²) in [5.41, 5.74) is 1.33. The first-order chi connectivity index (χ1) is 10.6. The van der Waals surface area contributed by atoms with Gasteiger partial charge in [0, 0.05) is 12.3 Å². The topological polar surface area (TPSA) is 64.2 Å². The lowest BCUT2D eigenvalue weighted by Crippen LogP contribution is -2.19. The van der Waals surface area contributed by atoms with Crippen molar-refractivity contribution in [3.05, 3.63) is 48.4 Å². The van der Waals surface area contributed by atoms with Gasteiger partial charge in [0.1, 0.15) is 5.82 Å². The summed E-state index contributed by atoms with van der Waals surface area (Å²) in [6, 6.07) is 7.65. The number of nitrogens with zero attached hydrogens (tertiary/aromatic N) is 4. The van der Waals surface area contributed by atoms with E-state index in [1.54, 1.807) is 16.9 Å². The van der Waals surface area contributed by atoms with Crippen molar-refractivity contribution in [2.75, 3.05) is 5.32 Å². The highest BCUT2D eigenvalue weighted by molar-refractivity contribution is 6.08. The molecule has 0 saturated heterocycles. The molecule has 0 bridgehead atoms. The van der Waals surface area contributed by atoms with Crippen molar-refractivity contribution >= 4 is 17.2 Å². The molecule has 0 aromatic carbocycles. The van der Waals surface area contributed by atoms with Crippen molar-refractivity contribution in [1.82, 2.24) is 19.4 Å². The van der Waals surface area contributed by atoms with Crippen LogP contribution in [-0.4, -0.2) is 25.3 Å². The fourth-order valence-electron chi connectivity index (χ4n) is 2.31. The number of pyridine rings is 1. The molecule has 1 atom stereocenters. The highest BCUT2D eigenvalue weighted by Gasteiger charge is 2.17. The molecule has 0 fully saturated rings. The maximum absolute atomic E-state index is 12.5. The van der Waals surface area contributed by atoms with Crippen LogP contribution in [0.5, 0.6) is 0 Å². The number of rotatable bonds is 4. The van der Waals surface area contributed by atoms with Gasteiger partial charge in [-0.05, 0) is 25.0 Å². The number of carbonyl (C=O) groups is 1. The summed E-state index contributed by atoms with van der Waals surface area (Å²) in [6.45, 7) is 6.34. The monoisotopic (exact) mass is 297 g/mol. The first-order valence-corrected chi connectivity index (χ1v) is 7.35. The maximum atomic E-state index is 12.5. The predicted molar refractivity (Wildman–Crippen MR) is 84.9 cm³/mol. The summed E-state index contributed by atoms with van der Waals surface area (Å²) < 4.78 is 3.53. The van der Waals surface area contributed by atoms with Gasteiger partial charge in [-0.15, -0.1) is 0 Å². The number of anilines is 1. The van der Waals surface area contributed by atoms with Crippen LogP contribution in [0.3, 0.4) is 0 Å². The minimum atomic E-state index is -0.182. The van der Waals surface area contributed by atoms with E-state index in [0.29, 0.717) is 17.3 Å². The molecule has 0 radical (unpaired) electrons. The molecule has 3 aromatic rings. The Labute approximate surface area is 128 Å². The number of hydrogen-bond acceptors (Lipinski definition) is 3. The van der Waals surface area contributed by atoms with Crippen LogP contribution in [0, 0.1) is 5.92 Å². The van der Waals surface area contributed by atoms with E-state index in [1.807, 2.05) is 35.1 Å². The van der Waals surface area contributed by atoms with Gasteiger partial charge in [-0.3, -0.25) is 4.79 Å². The third-order valence-corrected chi connectivity index (χ3v) is 3.93. The molecule has 6 nitrogen and oxygen atoms in total. The average Bonchev–Trinajstić information content (AvgIpc) is 3.12. The van der Waals surface area contributed by atoms with E-state index >= 15 is 0 Å². The minimum absolute atomic E-state index is 0.182. The van der Waals surface area contributed by atoms with E-state index in [0.717, 1.165) is 5.52 Å². The molecule has 22 heavy (non-hydrogen) atoms. The van der Waals surface area contributed by atoms with Crippen LogP contribution in [0.25, 0.3) is 5.52 Å². The zero-order valence-corrected chi connectivity index (χ0v) is 12.9. The highest BCUT2D eigenvalue weighted by Crippen LogP contribution is 2.21. The lowest BCUT2D eigenvalue weighted by atomic mass is 10.1. The first-order valence-electron chi connectivity index (χ1n) is 7.35. The van der Waals surface area contributed by atoms with Crippen LogP contribution in [0.1, 0.15) is 37.2 Å². The summed E-state index contributed by atoms with van der Waals surface area (Å²) in [6.07, 6.45) is 5.10. The molecule has 1 amide bonds. The van der Waals surface area contributed by atoms with E-state index in [2.05, 4.69) is 36.3 Å². The maximum Gasteiger partial charge on any atom is 0.260 e. The molecule has 1 N–H and O–H groups in total. The van der Waals surface area contributed by atoms with Gasteiger partial charge in [-0.25, -0.2) is 9.20 Å². The summed E-state index contributed by atoms with van der Waals surface area (Å²) in [5, 5.41) is 11.4. The molecule has 0 saturated carbocycles. The number of hydrogen-bond donors (Lipinski definition) is 1. The second-order valence-corrected chi connectivity index (χ2v) is 5.69. The standard InChI is InChI=1S/C16H19N5O/c1-11(2)12(3)21-15(7-8-17-21)19-16(22)13-10-18-20-9-5-4-6-14(13)20/h4-12H,1-3H3,(H,19,22)/t12-/m0/s1. The number of aromatic nitrogens is 4. The number of carbonyl (C=O) groups excluding carboxylic acids is 1. The Morgan fingerprint density at radius 2 is 2.00 bits per heavy atom. The van der Waals surface area contributed by atoms with Crippen LogP contribution in [0.2, 0.25) is 0 Å². The Bertz CT molecular complexity index is 802. The van der Waals surface area contributed by atoms with E-state index in [-0.39, 0.29) is 11.9 Å². The van der Waals surface area contributed by atoms with Gasteiger partial charge >= 0.3 is 0 Å². The highest BCUT2D eigenvalue weighted by atomic mass is 16.1. The molecule has 3 heterocycles. The minimum Gasteiger partial charge on any atom is -0.307 e. The van der Waals surface area contributed by atoms with Crippen LogP contribution in [0.15, 0.2) is 42.9 Å². The number of nitrogens with one attached hydrogen (secondary N) is 1. The van der Waals surface area contributed by atoms with E-state index < -0.39 is 0 Å². The molecule has 114 valence electrons. The second kappa shape index (κ2) is 5.63. The largest absolute Gasteiger partial charge is 0.307 e. The molecular formula is C16H19N5O. The van der Waals surface area contributed by atoms with Gasteiger partial charge in [-0.1, -0.05) is 19.9 Å². The Balaban J connectivity index is 1.88. The smallest absolute Gasteiger partial charge is 0.260 e. The number of fused-ring (bicyclic) bond motifs is 1. The average molecular weight is 297 g/mol. The Kier molecular flexibility index (Phi) is 3.66. The SMILES string of the molecule is CC(C)[C@H](C)n1nccc1NC(=O)c1cnn2ccccc12. The molecule has 0 aliphatic rings. The lowest BCUT2D eigenvalue weighted by Gasteiger charge is -2.19. The predicted octanol–water partition coefficient (Wildman–Crippen LogP) is 3.00. The fourth-order valence-corrected chi connectivity index (χ4v) is 2.31. The van der Waals surface area contributed by atoms with Crippen LogP contribution < -0.4 is 5.32 Å². The molecule has 0 spiro atoms. The van der Waals surface area contributed by atoms with Gasteiger partial charge < -0.3 is 5.32 Å². The molecule has 0 aliphatic heterocycles. The normalized spacial score (nSPS) is 12.7. The van der Waals surface area contributed by atoms with Gasteiger partial charge in [0.25, 0.3) is 5.91 Å². The summed E-state index contributed by atoms with van der Waals surface area (Å²) in [7, 11) is 0. The van der Waals surface area contributed by atoms with Crippen molar-refractivity contribution in [2.45, 2.75) is 26.8 Å². The number of amides is 1. The third kappa shape index (κ3) is 2.47. The van der Waals surface area contributed by atoms with Gasteiger partial charge in [0.2, 0.25) is 0 Å². The van der Waals surface area contributed by atoms with Crippen LogP contribution in [0.4, 0.5) is 5.82 Å². The molecule has 6 heteroatoms. The van der Waals surface area contributed by atoms with Gasteiger partial charge in [-0.2, -0.15) is 10.2 Å². The van der Waals surface area contributed by atoms with E-state index in [4.69, 9.17) is 0 Å². The van der Waals surface area contributed by atoms with Crippen molar-refractivity contribution in [2.24, 2.45) is 5.92 Å². The summed E-state index contributed by atoms with van der Waals surface area (Å²) in [4.78, 5) is 12.5. The van der Waals surface area contributed by atoms with Crippen LogP contribution in [-0.2, 0) is 0 Å². The summed E-state index contributed by atoms with van der Waals surface area (Å²) >= 11 is 0.